The summed E-state index contributed by atoms with van der Waals surface area (Å²) < 4.78 is 32.6. The van der Waals surface area contributed by atoms with Crippen LogP contribution in [0.3, 0.4) is 0 Å². The number of benzene rings is 1. The summed E-state index contributed by atoms with van der Waals surface area (Å²) in [6, 6.07) is 7.45. The molecule has 2 aliphatic rings. The molecule has 3 rings (SSSR count). The summed E-state index contributed by atoms with van der Waals surface area (Å²) >= 11 is 0. The van der Waals surface area contributed by atoms with Crippen LogP contribution < -0.4 is 5.32 Å². The Morgan fingerprint density at radius 1 is 1.20 bits per heavy atom. The second-order valence-corrected chi connectivity index (χ2v) is 9.93. The van der Waals surface area contributed by atoms with Crippen molar-refractivity contribution < 1.29 is 22.7 Å². The van der Waals surface area contributed by atoms with Crippen molar-refractivity contribution >= 4 is 33.4 Å². The number of anilines is 1. The van der Waals surface area contributed by atoms with Gasteiger partial charge in [0, 0.05) is 18.4 Å². The van der Waals surface area contributed by atoms with Gasteiger partial charge in [-0.05, 0) is 42.2 Å². The molecule has 0 saturated carbocycles. The molecule has 160 valence electrons. The fraction of sp³-hybridized carbons (Fsp3) is 0.381. The molecular formula is C21H25N3O5S. The third-order valence-corrected chi connectivity index (χ3v) is 5.90. The number of ether oxygens (including phenoxy) is 1. The van der Waals surface area contributed by atoms with E-state index >= 15 is 0 Å². The number of amidine groups is 1. The zero-order valence-corrected chi connectivity index (χ0v) is 18.2. The summed E-state index contributed by atoms with van der Waals surface area (Å²) in [6.45, 7) is 7.94. The Hall–Kier alpha value is -2.94. The van der Waals surface area contributed by atoms with Crippen LogP contribution in [0, 0.1) is 0 Å². The van der Waals surface area contributed by atoms with Crippen molar-refractivity contribution in [2.75, 3.05) is 17.6 Å². The van der Waals surface area contributed by atoms with Gasteiger partial charge in [0.05, 0.1) is 5.75 Å². The van der Waals surface area contributed by atoms with Crippen molar-refractivity contribution in [3.05, 3.63) is 53.8 Å². The third-order valence-electron chi connectivity index (χ3n) is 4.75. The Bertz CT molecular complexity index is 1050. The molecule has 0 fully saturated rings. The highest BCUT2D eigenvalue weighted by molar-refractivity contribution is 7.90. The predicted molar refractivity (Wildman–Crippen MR) is 114 cm³/mol. The lowest BCUT2D eigenvalue weighted by atomic mass is 9.87. The molecule has 1 aromatic rings. The van der Waals surface area contributed by atoms with Crippen molar-refractivity contribution in [2.45, 2.75) is 39.2 Å². The summed E-state index contributed by atoms with van der Waals surface area (Å²) in [5.74, 6) is -1.42. The van der Waals surface area contributed by atoms with Gasteiger partial charge < -0.3 is 15.0 Å². The Labute approximate surface area is 176 Å². The van der Waals surface area contributed by atoms with Crippen LogP contribution in [0.25, 0.3) is 0 Å². The molecule has 8 nitrogen and oxygen atoms in total. The van der Waals surface area contributed by atoms with Crippen molar-refractivity contribution in [1.29, 1.82) is 0 Å². The van der Waals surface area contributed by atoms with E-state index in [1.165, 1.54) is 13.0 Å². The number of nitrogens with zero attached hydrogens (tertiary/aromatic N) is 2. The molecular weight excluding hydrogens is 406 g/mol. The van der Waals surface area contributed by atoms with Gasteiger partial charge in [-0.1, -0.05) is 32.9 Å². The number of hydrogen-bond acceptors (Lipinski definition) is 6. The van der Waals surface area contributed by atoms with Gasteiger partial charge in [-0.2, -0.15) is 0 Å². The van der Waals surface area contributed by atoms with Gasteiger partial charge >= 0.3 is 5.97 Å². The minimum Gasteiger partial charge on any atom is -0.449 e. The molecule has 0 spiro atoms. The van der Waals surface area contributed by atoms with Gasteiger partial charge in [0.25, 0.3) is 15.9 Å². The lowest BCUT2D eigenvalue weighted by Gasteiger charge is -2.28. The number of carbonyl (C=O) groups excluding carboxylic acids is 2. The highest BCUT2D eigenvalue weighted by atomic mass is 32.2. The highest BCUT2D eigenvalue weighted by Gasteiger charge is 2.32. The van der Waals surface area contributed by atoms with Gasteiger partial charge in [-0.25, -0.2) is 13.2 Å². The lowest BCUT2D eigenvalue weighted by molar-refractivity contribution is -0.148. The Kier molecular flexibility index (Phi) is 5.85. The minimum absolute atomic E-state index is 0.00325. The molecule has 2 heterocycles. The highest BCUT2D eigenvalue weighted by Crippen LogP contribution is 2.24. The van der Waals surface area contributed by atoms with E-state index in [2.05, 4.69) is 30.5 Å². The quantitative estimate of drug-likeness (QED) is 0.734. The van der Waals surface area contributed by atoms with E-state index in [0.717, 1.165) is 5.56 Å². The van der Waals surface area contributed by atoms with Crippen LogP contribution in [-0.2, 0) is 29.8 Å². The average Bonchev–Trinajstić information content (AvgIpc) is 2.66. The normalized spacial score (nSPS) is 18.6. The van der Waals surface area contributed by atoms with Crippen LogP contribution in [-0.4, -0.2) is 49.4 Å². The van der Waals surface area contributed by atoms with E-state index < -0.39 is 28.0 Å². The first-order valence-corrected chi connectivity index (χ1v) is 11.2. The molecule has 1 N–H and O–H groups in total. The SMILES string of the molecule is CC(OC(=O)C1=CC=CN2CCS(=O)(=O)N=C12)C(=O)Nc1ccc(C(C)(C)C)cc1. The molecule has 0 aliphatic carbocycles. The standard InChI is InChI=1S/C21H25N3O5S/c1-14(19(25)22-16-9-7-15(8-10-16)21(2,3)4)29-20(26)17-6-5-11-24-12-13-30(27,28)23-18(17)24/h5-11,14H,12-13H2,1-4H3,(H,22,25). The van der Waals surface area contributed by atoms with Crippen LogP contribution in [0.2, 0.25) is 0 Å². The van der Waals surface area contributed by atoms with Gasteiger partial charge in [-0.15, -0.1) is 4.40 Å². The summed E-state index contributed by atoms with van der Waals surface area (Å²) in [6.07, 6.45) is 3.59. The van der Waals surface area contributed by atoms with Crippen LogP contribution in [0.15, 0.2) is 52.6 Å². The third kappa shape index (κ3) is 4.96. The zero-order valence-electron chi connectivity index (χ0n) is 17.4. The van der Waals surface area contributed by atoms with Crippen molar-refractivity contribution in [2.24, 2.45) is 4.40 Å². The van der Waals surface area contributed by atoms with E-state index in [9.17, 15) is 18.0 Å². The smallest absolute Gasteiger partial charge is 0.342 e. The van der Waals surface area contributed by atoms with Crippen LogP contribution in [0.4, 0.5) is 5.69 Å². The number of amides is 1. The molecule has 0 radical (unpaired) electrons. The number of nitrogens with one attached hydrogen (secondary N) is 1. The van der Waals surface area contributed by atoms with E-state index in [1.54, 1.807) is 29.3 Å². The van der Waals surface area contributed by atoms with Crippen molar-refractivity contribution in [3.63, 3.8) is 0 Å². The Balaban J connectivity index is 1.66. The first kappa shape index (κ1) is 21.8. The Morgan fingerprint density at radius 3 is 2.50 bits per heavy atom. The van der Waals surface area contributed by atoms with Gasteiger partial charge in [0.2, 0.25) is 0 Å². The van der Waals surface area contributed by atoms with Gasteiger partial charge in [0.15, 0.2) is 11.9 Å². The summed E-state index contributed by atoms with van der Waals surface area (Å²) in [5, 5.41) is 2.71. The molecule has 1 amide bonds. The number of fused-ring (bicyclic) bond motifs is 1. The Morgan fingerprint density at radius 2 is 1.87 bits per heavy atom. The molecule has 1 aromatic carbocycles. The molecule has 1 unspecified atom stereocenters. The first-order chi connectivity index (χ1) is 14.0. The number of carbonyl (C=O) groups is 2. The lowest BCUT2D eigenvalue weighted by Crippen LogP contribution is -2.41. The van der Waals surface area contributed by atoms with E-state index in [-0.39, 0.29) is 29.1 Å². The monoisotopic (exact) mass is 431 g/mol. The first-order valence-electron chi connectivity index (χ1n) is 9.57. The molecule has 2 aliphatic heterocycles. The van der Waals surface area contributed by atoms with Crippen LogP contribution in [0.1, 0.15) is 33.3 Å². The van der Waals surface area contributed by atoms with E-state index in [4.69, 9.17) is 4.74 Å². The second-order valence-electron chi connectivity index (χ2n) is 8.18. The second kappa shape index (κ2) is 8.06. The number of rotatable bonds is 4. The summed E-state index contributed by atoms with van der Waals surface area (Å²) in [5.41, 5.74) is 1.71. The molecule has 1 atom stereocenters. The zero-order chi connectivity index (χ0) is 22.1. The maximum absolute atomic E-state index is 12.6. The topological polar surface area (TPSA) is 105 Å². The maximum Gasteiger partial charge on any atom is 0.342 e. The van der Waals surface area contributed by atoms with Crippen LogP contribution >= 0.6 is 0 Å². The predicted octanol–water partition coefficient (Wildman–Crippen LogP) is 2.35. The summed E-state index contributed by atoms with van der Waals surface area (Å²) in [4.78, 5) is 26.6. The summed E-state index contributed by atoms with van der Waals surface area (Å²) in [7, 11) is -3.63. The molecule has 30 heavy (non-hydrogen) atoms. The van der Waals surface area contributed by atoms with Crippen LogP contribution in [0.5, 0.6) is 0 Å². The molecule has 0 saturated heterocycles. The number of esters is 1. The number of allylic oxidation sites excluding steroid dienone is 2. The van der Waals surface area contributed by atoms with Crippen molar-refractivity contribution in [3.8, 4) is 0 Å². The fourth-order valence-corrected chi connectivity index (χ4v) is 3.94. The largest absolute Gasteiger partial charge is 0.449 e. The van der Waals surface area contributed by atoms with Gasteiger partial charge in [-0.3, -0.25) is 4.79 Å². The van der Waals surface area contributed by atoms with E-state index in [1.807, 2.05) is 12.1 Å². The molecule has 9 heteroatoms. The van der Waals surface area contributed by atoms with E-state index in [0.29, 0.717) is 5.69 Å². The average molecular weight is 432 g/mol. The van der Waals surface area contributed by atoms with Crippen molar-refractivity contribution in [1.82, 2.24) is 4.90 Å². The minimum atomic E-state index is -3.63. The maximum atomic E-state index is 12.6. The number of sulfonamides is 1. The number of hydrogen-bond donors (Lipinski definition) is 1. The fourth-order valence-electron chi connectivity index (χ4n) is 2.95. The molecule has 0 aromatic heterocycles. The molecule has 0 bridgehead atoms. The van der Waals surface area contributed by atoms with Gasteiger partial charge in [0.1, 0.15) is 5.57 Å².